The molecule has 0 spiro atoms. The van der Waals surface area contributed by atoms with Crippen LogP contribution < -0.4 is 15.0 Å². The van der Waals surface area contributed by atoms with Gasteiger partial charge in [0.15, 0.2) is 0 Å². The third kappa shape index (κ3) is 5.85. The molecule has 5 aromatic rings. The fraction of sp³-hybridized carbons (Fsp3) is 0.152. The van der Waals surface area contributed by atoms with Gasteiger partial charge in [-0.25, -0.2) is 14.2 Å². The van der Waals surface area contributed by atoms with Gasteiger partial charge in [-0.15, -0.1) is 0 Å². The molecule has 0 N–H and O–H groups in total. The number of carbonyl (C=O) groups is 1. The summed E-state index contributed by atoms with van der Waals surface area (Å²) in [6.07, 6.45) is 2.19. The highest BCUT2D eigenvalue weighted by Crippen LogP contribution is 2.27. The van der Waals surface area contributed by atoms with Crippen LogP contribution in [0.3, 0.4) is 0 Å². The van der Waals surface area contributed by atoms with Crippen LogP contribution in [0, 0.1) is 0 Å². The largest absolute Gasteiger partial charge is 0.489 e. The predicted molar refractivity (Wildman–Crippen MR) is 152 cm³/mol. The Labute approximate surface area is 227 Å². The summed E-state index contributed by atoms with van der Waals surface area (Å²) in [6.45, 7) is 2.50. The fourth-order valence-electron chi connectivity index (χ4n) is 4.38. The minimum absolute atomic E-state index is 0.203. The topological polar surface area (TPSA) is 62.5 Å². The highest BCUT2D eigenvalue weighted by molar-refractivity contribution is 5.91. The van der Waals surface area contributed by atoms with Gasteiger partial charge in [0.1, 0.15) is 12.4 Å². The average Bonchev–Trinajstić information content (AvgIpc) is 3.27. The molecule has 0 saturated heterocycles. The third-order valence-corrected chi connectivity index (χ3v) is 6.41. The minimum Gasteiger partial charge on any atom is -0.489 e. The van der Waals surface area contributed by atoms with Crippen LogP contribution in [0.5, 0.6) is 11.6 Å². The lowest BCUT2D eigenvalue weighted by molar-refractivity contribution is 0.0720. The molecule has 0 bridgehead atoms. The number of carbonyl (C=O) groups excluding carboxylic acids is 1. The van der Waals surface area contributed by atoms with E-state index < -0.39 is 5.97 Å². The van der Waals surface area contributed by atoms with Crippen molar-refractivity contribution in [3.8, 4) is 23.0 Å². The number of ether oxygens (including phenoxy) is 2. The summed E-state index contributed by atoms with van der Waals surface area (Å²) in [5.41, 5.74) is 3.09. The molecular weight excluding hydrogens is 488 g/mol. The first kappa shape index (κ1) is 25.8. The molecule has 0 fully saturated rings. The molecule has 39 heavy (non-hydrogen) atoms. The highest BCUT2D eigenvalue weighted by atomic mass is 16.5. The van der Waals surface area contributed by atoms with Gasteiger partial charge in [0.25, 0.3) is 5.56 Å². The smallest absolute Gasteiger partial charge is 0.344 e. The van der Waals surface area contributed by atoms with E-state index in [0.717, 1.165) is 18.4 Å². The monoisotopic (exact) mass is 518 g/mol. The summed E-state index contributed by atoms with van der Waals surface area (Å²) >= 11 is 0. The minimum atomic E-state index is -0.544. The summed E-state index contributed by atoms with van der Waals surface area (Å²) in [6, 6.07) is 35.6. The Kier molecular flexibility index (Phi) is 8.03. The first-order valence-electron chi connectivity index (χ1n) is 13.1. The van der Waals surface area contributed by atoms with Crippen LogP contribution in [0.15, 0.2) is 120 Å². The summed E-state index contributed by atoms with van der Waals surface area (Å²) in [5.74, 6) is 0.339. The maximum atomic E-state index is 13.8. The first-order chi connectivity index (χ1) is 19.2. The number of rotatable bonds is 10. The summed E-state index contributed by atoms with van der Waals surface area (Å²) in [5, 5.41) is 0. The van der Waals surface area contributed by atoms with Gasteiger partial charge in [-0.2, -0.15) is 0 Å². The van der Waals surface area contributed by atoms with Gasteiger partial charge in [0.2, 0.25) is 5.88 Å². The molecule has 0 saturated carbocycles. The number of nitrogens with zero attached hydrogens (tertiary/aromatic N) is 2. The Morgan fingerprint density at radius 1 is 0.718 bits per heavy atom. The van der Waals surface area contributed by atoms with E-state index >= 15 is 0 Å². The van der Waals surface area contributed by atoms with E-state index in [1.807, 2.05) is 91.0 Å². The number of hydrogen-bond acceptors (Lipinski definition) is 4. The molecule has 6 nitrogen and oxygen atoms in total. The number of benzene rings is 4. The maximum Gasteiger partial charge on any atom is 0.344 e. The fourth-order valence-corrected chi connectivity index (χ4v) is 4.38. The molecule has 6 heteroatoms. The van der Waals surface area contributed by atoms with Crippen molar-refractivity contribution in [2.75, 3.05) is 0 Å². The Morgan fingerprint density at radius 2 is 1.28 bits per heavy atom. The second-order valence-electron chi connectivity index (χ2n) is 9.18. The van der Waals surface area contributed by atoms with Gasteiger partial charge in [0, 0.05) is 0 Å². The lowest BCUT2D eigenvalue weighted by atomic mass is 10.1. The van der Waals surface area contributed by atoms with Crippen LogP contribution in [-0.2, 0) is 13.0 Å². The Hall–Kier alpha value is -4.84. The molecular formula is C33H30N2O4. The third-order valence-electron chi connectivity index (χ3n) is 6.41. The standard InChI is InChI=1S/C33H30N2O4/c1-2-3-19-30-31(36)34(27-15-9-5-10-16-27)35(28-17-11-6-12-18-28)32(30)39-33(37)26-20-22-29(23-21-26)38-24-25-13-7-4-8-14-25/h4-18,20-23H,2-3,19,24H2,1H3. The van der Waals surface area contributed by atoms with Crippen LogP contribution in [0.2, 0.25) is 0 Å². The van der Waals surface area contributed by atoms with E-state index in [2.05, 4.69) is 6.92 Å². The summed E-state index contributed by atoms with van der Waals surface area (Å²) in [4.78, 5) is 27.2. The predicted octanol–water partition coefficient (Wildman–Crippen LogP) is 6.77. The van der Waals surface area contributed by atoms with Crippen LogP contribution in [-0.4, -0.2) is 15.3 Å². The number of para-hydroxylation sites is 2. The summed E-state index contributed by atoms with van der Waals surface area (Å²) in [7, 11) is 0. The van der Waals surface area contributed by atoms with Crippen molar-refractivity contribution in [1.82, 2.24) is 9.36 Å². The Bertz CT molecular complexity index is 1570. The van der Waals surface area contributed by atoms with Crippen molar-refractivity contribution in [2.24, 2.45) is 0 Å². The number of unbranched alkanes of at least 4 members (excludes halogenated alkanes) is 1. The first-order valence-corrected chi connectivity index (χ1v) is 13.1. The molecule has 0 aliphatic carbocycles. The van der Waals surface area contributed by atoms with Crippen molar-refractivity contribution in [2.45, 2.75) is 32.8 Å². The summed E-state index contributed by atoms with van der Waals surface area (Å²) < 4.78 is 15.1. The molecule has 1 aromatic heterocycles. The van der Waals surface area contributed by atoms with Crippen LogP contribution >= 0.6 is 0 Å². The molecule has 0 aliphatic rings. The van der Waals surface area contributed by atoms with E-state index in [-0.39, 0.29) is 11.4 Å². The molecule has 5 rings (SSSR count). The maximum absolute atomic E-state index is 13.8. The number of esters is 1. The van der Waals surface area contributed by atoms with E-state index in [0.29, 0.717) is 41.3 Å². The van der Waals surface area contributed by atoms with Gasteiger partial charge in [0.05, 0.1) is 22.5 Å². The van der Waals surface area contributed by atoms with Gasteiger partial charge >= 0.3 is 5.97 Å². The van der Waals surface area contributed by atoms with Crippen LogP contribution in [0.1, 0.15) is 41.3 Å². The molecule has 0 radical (unpaired) electrons. The zero-order chi connectivity index (χ0) is 27.0. The van der Waals surface area contributed by atoms with Gasteiger partial charge in [-0.1, -0.05) is 80.1 Å². The van der Waals surface area contributed by atoms with Crippen LogP contribution in [0.25, 0.3) is 11.4 Å². The van der Waals surface area contributed by atoms with Crippen molar-refractivity contribution in [3.63, 3.8) is 0 Å². The molecule has 0 aliphatic heterocycles. The van der Waals surface area contributed by atoms with Crippen LogP contribution in [0.4, 0.5) is 0 Å². The SMILES string of the molecule is CCCCc1c(OC(=O)c2ccc(OCc3ccccc3)cc2)n(-c2ccccc2)n(-c2ccccc2)c1=O. The van der Waals surface area contributed by atoms with Gasteiger partial charge in [-0.05, 0) is 66.9 Å². The molecule has 4 aromatic carbocycles. The lowest BCUT2D eigenvalue weighted by Crippen LogP contribution is -2.21. The van der Waals surface area contributed by atoms with E-state index in [1.54, 1.807) is 33.6 Å². The zero-order valence-electron chi connectivity index (χ0n) is 21.8. The van der Waals surface area contributed by atoms with Crippen molar-refractivity contribution in [1.29, 1.82) is 0 Å². The quantitative estimate of drug-likeness (QED) is 0.192. The molecule has 0 atom stereocenters. The second-order valence-corrected chi connectivity index (χ2v) is 9.18. The zero-order valence-corrected chi connectivity index (χ0v) is 21.8. The molecule has 0 unspecified atom stereocenters. The van der Waals surface area contributed by atoms with Gasteiger partial charge < -0.3 is 9.47 Å². The number of hydrogen-bond donors (Lipinski definition) is 0. The average molecular weight is 519 g/mol. The highest BCUT2D eigenvalue weighted by Gasteiger charge is 2.26. The second kappa shape index (κ2) is 12.1. The van der Waals surface area contributed by atoms with E-state index in [1.165, 1.54) is 0 Å². The Balaban J connectivity index is 1.49. The van der Waals surface area contributed by atoms with Crippen molar-refractivity contribution >= 4 is 5.97 Å². The number of aromatic nitrogens is 2. The van der Waals surface area contributed by atoms with Crippen molar-refractivity contribution in [3.05, 3.63) is 142 Å². The molecule has 0 amide bonds. The molecule has 196 valence electrons. The van der Waals surface area contributed by atoms with Gasteiger partial charge in [-0.3, -0.25) is 4.79 Å². The van der Waals surface area contributed by atoms with Crippen molar-refractivity contribution < 1.29 is 14.3 Å². The Morgan fingerprint density at radius 3 is 1.87 bits per heavy atom. The van der Waals surface area contributed by atoms with E-state index in [9.17, 15) is 9.59 Å². The lowest BCUT2D eigenvalue weighted by Gasteiger charge is -2.15. The normalized spacial score (nSPS) is 10.8. The molecule has 1 heterocycles. The van der Waals surface area contributed by atoms with E-state index in [4.69, 9.17) is 9.47 Å².